The number of ether oxygens (including phenoxy) is 1. The van der Waals surface area contributed by atoms with E-state index in [1.54, 1.807) is 0 Å². The molecule has 1 N–H and O–H groups in total. The first-order valence-electron chi connectivity index (χ1n) is 5.24. The highest BCUT2D eigenvalue weighted by atomic mass is 35.5. The van der Waals surface area contributed by atoms with Gasteiger partial charge in [0.05, 0.1) is 17.8 Å². The monoisotopic (exact) mass is 284 g/mol. The van der Waals surface area contributed by atoms with Crippen molar-refractivity contribution >= 4 is 17.6 Å². The molecule has 0 atom stereocenters. The number of nitrogens with zero attached hydrogens (tertiary/aromatic N) is 2. The van der Waals surface area contributed by atoms with Crippen molar-refractivity contribution in [3.63, 3.8) is 0 Å². The molecule has 0 aliphatic carbocycles. The predicted molar refractivity (Wildman–Crippen MR) is 67.1 cm³/mol. The summed E-state index contributed by atoms with van der Waals surface area (Å²) in [5.74, 6) is -1.46. The van der Waals surface area contributed by atoms with E-state index in [2.05, 4.69) is 5.10 Å². The second-order valence-electron chi connectivity index (χ2n) is 3.81. The van der Waals surface area contributed by atoms with Crippen LogP contribution in [0.25, 0.3) is 11.3 Å². The molecule has 7 heteroatoms. The van der Waals surface area contributed by atoms with Crippen molar-refractivity contribution in [2.24, 2.45) is 7.05 Å². The zero-order chi connectivity index (χ0) is 14.2. The van der Waals surface area contributed by atoms with E-state index in [-0.39, 0.29) is 16.3 Å². The molecule has 2 rings (SSSR count). The largest absolute Gasteiger partial charge is 0.497 e. The van der Waals surface area contributed by atoms with Crippen LogP contribution in [-0.2, 0) is 7.05 Å². The molecule has 1 aromatic carbocycles. The lowest BCUT2D eigenvalue weighted by Gasteiger charge is -2.08. The molecule has 0 aliphatic heterocycles. The summed E-state index contributed by atoms with van der Waals surface area (Å²) in [5, 5.41) is 12.5. The average molecular weight is 285 g/mol. The minimum atomic E-state index is -1.18. The number of aromatic nitrogens is 2. The Labute approximate surface area is 113 Å². The second-order valence-corrected chi connectivity index (χ2v) is 4.22. The smallest absolute Gasteiger partial charge is 0.356 e. The maximum atomic E-state index is 14.0. The van der Waals surface area contributed by atoms with Crippen LogP contribution >= 0.6 is 11.6 Å². The molecule has 0 spiro atoms. The molecule has 0 aliphatic rings. The van der Waals surface area contributed by atoms with Crippen LogP contribution in [0, 0.1) is 5.82 Å². The maximum absolute atomic E-state index is 14.0. The highest BCUT2D eigenvalue weighted by Crippen LogP contribution is 2.32. The number of aromatic carboxylic acids is 1. The summed E-state index contributed by atoms with van der Waals surface area (Å²) in [7, 11) is 2.95. The van der Waals surface area contributed by atoms with E-state index in [1.807, 2.05) is 0 Å². The van der Waals surface area contributed by atoms with Gasteiger partial charge in [0.25, 0.3) is 0 Å². The van der Waals surface area contributed by atoms with Gasteiger partial charge in [0.15, 0.2) is 11.5 Å². The van der Waals surface area contributed by atoms with Gasteiger partial charge in [-0.15, -0.1) is 0 Å². The van der Waals surface area contributed by atoms with Crippen LogP contribution in [0.2, 0.25) is 5.02 Å². The molecule has 0 radical (unpaired) electrons. The van der Waals surface area contributed by atoms with E-state index in [1.165, 1.54) is 37.0 Å². The summed E-state index contributed by atoms with van der Waals surface area (Å²) in [6.07, 6.45) is 0. The summed E-state index contributed by atoms with van der Waals surface area (Å²) < 4.78 is 20.3. The number of hydrogen-bond donors (Lipinski definition) is 1. The lowest BCUT2D eigenvalue weighted by molar-refractivity contribution is 0.0689. The maximum Gasteiger partial charge on any atom is 0.356 e. The molecular formula is C12H10ClFN2O3. The molecule has 0 amide bonds. The Morgan fingerprint density at radius 2 is 2.16 bits per heavy atom. The minimum absolute atomic E-state index is 0.104. The number of methoxy groups -OCH3 is 1. The SMILES string of the molecule is COc1cc(Cl)c(F)c(-c2cc(C(=O)O)nn2C)c1. The van der Waals surface area contributed by atoms with Crippen molar-refractivity contribution in [2.75, 3.05) is 7.11 Å². The van der Waals surface area contributed by atoms with E-state index >= 15 is 0 Å². The number of benzene rings is 1. The fraction of sp³-hybridized carbons (Fsp3) is 0.167. The molecule has 0 bridgehead atoms. The van der Waals surface area contributed by atoms with Crippen LogP contribution < -0.4 is 4.74 Å². The standard InChI is InChI=1S/C12H10ClFN2O3/c1-16-10(5-9(15-16)12(17)18)7-3-6(19-2)4-8(13)11(7)14/h3-5H,1-2H3,(H,17,18). The lowest BCUT2D eigenvalue weighted by Crippen LogP contribution is -2.00. The number of halogens is 2. The molecule has 0 fully saturated rings. The molecule has 19 heavy (non-hydrogen) atoms. The summed E-state index contributed by atoms with van der Waals surface area (Å²) in [6, 6.07) is 4.05. The lowest BCUT2D eigenvalue weighted by atomic mass is 10.1. The zero-order valence-corrected chi connectivity index (χ0v) is 10.9. The van der Waals surface area contributed by atoms with Crippen LogP contribution in [0.3, 0.4) is 0 Å². The average Bonchev–Trinajstić information content (AvgIpc) is 2.75. The highest BCUT2D eigenvalue weighted by molar-refractivity contribution is 6.31. The fourth-order valence-electron chi connectivity index (χ4n) is 1.69. The normalized spacial score (nSPS) is 10.5. The molecular weight excluding hydrogens is 275 g/mol. The predicted octanol–water partition coefficient (Wildman–Crippen LogP) is 2.59. The Balaban J connectivity index is 2.64. The molecule has 100 valence electrons. The van der Waals surface area contributed by atoms with Crippen molar-refractivity contribution in [1.82, 2.24) is 9.78 Å². The third-order valence-electron chi connectivity index (χ3n) is 2.61. The van der Waals surface area contributed by atoms with Gasteiger partial charge in [0.1, 0.15) is 5.75 Å². The highest BCUT2D eigenvalue weighted by Gasteiger charge is 2.18. The van der Waals surface area contributed by atoms with Crippen molar-refractivity contribution in [3.8, 4) is 17.0 Å². The van der Waals surface area contributed by atoms with Gasteiger partial charge in [-0.2, -0.15) is 5.10 Å². The molecule has 1 aromatic heterocycles. The van der Waals surface area contributed by atoms with Gasteiger partial charge in [0, 0.05) is 18.7 Å². The summed E-state index contributed by atoms with van der Waals surface area (Å²) in [4.78, 5) is 10.9. The summed E-state index contributed by atoms with van der Waals surface area (Å²) in [6.45, 7) is 0. The first kappa shape index (κ1) is 13.4. The minimum Gasteiger partial charge on any atom is -0.497 e. The molecule has 0 unspecified atom stereocenters. The van der Waals surface area contributed by atoms with Gasteiger partial charge in [-0.3, -0.25) is 4.68 Å². The Hall–Kier alpha value is -2.08. The van der Waals surface area contributed by atoms with Crippen LogP contribution in [0.5, 0.6) is 5.75 Å². The number of carbonyl (C=O) groups is 1. The molecule has 2 aromatic rings. The van der Waals surface area contributed by atoms with Gasteiger partial charge < -0.3 is 9.84 Å². The van der Waals surface area contributed by atoms with E-state index in [4.69, 9.17) is 21.4 Å². The number of hydrogen-bond acceptors (Lipinski definition) is 3. The molecule has 5 nitrogen and oxygen atoms in total. The Morgan fingerprint density at radius 1 is 1.47 bits per heavy atom. The van der Waals surface area contributed by atoms with E-state index in [0.29, 0.717) is 11.4 Å². The van der Waals surface area contributed by atoms with Gasteiger partial charge in [0.2, 0.25) is 0 Å². The number of aryl methyl sites for hydroxylation is 1. The Bertz CT molecular complexity index is 655. The van der Waals surface area contributed by atoms with Gasteiger partial charge in [-0.1, -0.05) is 11.6 Å². The van der Waals surface area contributed by atoms with Crippen molar-refractivity contribution in [3.05, 3.63) is 34.7 Å². The van der Waals surface area contributed by atoms with Crippen molar-refractivity contribution < 1.29 is 19.0 Å². The Kier molecular flexibility index (Phi) is 3.44. The van der Waals surface area contributed by atoms with Crippen LogP contribution in [0.4, 0.5) is 4.39 Å². The van der Waals surface area contributed by atoms with E-state index in [9.17, 15) is 9.18 Å². The summed E-state index contributed by atoms with van der Waals surface area (Å²) >= 11 is 5.77. The first-order valence-corrected chi connectivity index (χ1v) is 5.62. The summed E-state index contributed by atoms with van der Waals surface area (Å²) in [5.41, 5.74) is 0.262. The third-order valence-corrected chi connectivity index (χ3v) is 2.89. The molecule has 0 saturated heterocycles. The van der Waals surface area contributed by atoms with E-state index < -0.39 is 11.8 Å². The van der Waals surface area contributed by atoms with Crippen molar-refractivity contribution in [2.45, 2.75) is 0 Å². The van der Waals surface area contributed by atoms with Crippen LogP contribution in [0.15, 0.2) is 18.2 Å². The fourth-order valence-corrected chi connectivity index (χ4v) is 1.90. The first-order chi connectivity index (χ1) is 8.93. The second kappa shape index (κ2) is 4.89. The topological polar surface area (TPSA) is 64.3 Å². The van der Waals surface area contributed by atoms with Crippen LogP contribution in [-0.4, -0.2) is 28.0 Å². The number of carboxylic acid groups (broad SMARTS) is 1. The van der Waals surface area contributed by atoms with Crippen molar-refractivity contribution in [1.29, 1.82) is 0 Å². The quantitative estimate of drug-likeness (QED) is 0.941. The molecule has 0 saturated carbocycles. The Morgan fingerprint density at radius 3 is 2.68 bits per heavy atom. The van der Waals surface area contributed by atoms with Gasteiger partial charge in [-0.25, -0.2) is 9.18 Å². The number of rotatable bonds is 3. The zero-order valence-electron chi connectivity index (χ0n) is 10.1. The third kappa shape index (κ3) is 2.39. The number of carboxylic acids is 1. The van der Waals surface area contributed by atoms with Crippen LogP contribution in [0.1, 0.15) is 10.5 Å². The molecule has 1 heterocycles. The van der Waals surface area contributed by atoms with Gasteiger partial charge >= 0.3 is 5.97 Å². The van der Waals surface area contributed by atoms with Gasteiger partial charge in [-0.05, 0) is 12.1 Å². The van der Waals surface area contributed by atoms with E-state index in [0.717, 1.165) is 0 Å².